The minimum Gasteiger partial charge on any atom is -0.315 e. The van der Waals surface area contributed by atoms with Crippen molar-refractivity contribution in [2.75, 3.05) is 11.9 Å². The van der Waals surface area contributed by atoms with Gasteiger partial charge in [0.25, 0.3) is 15.9 Å². The van der Waals surface area contributed by atoms with E-state index in [0.717, 1.165) is 11.3 Å². The van der Waals surface area contributed by atoms with Crippen LogP contribution in [0.3, 0.4) is 0 Å². The quantitative estimate of drug-likeness (QED) is 0.903. The minimum atomic E-state index is -4.02. The van der Waals surface area contributed by atoms with E-state index >= 15 is 0 Å². The summed E-state index contributed by atoms with van der Waals surface area (Å²) in [5, 5.41) is 13.3. The molecule has 2 aromatic rings. The number of amides is 2. The zero-order valence-electron chi connectivity index (χ0n) is 11.5. The highest BCUT2D eigenvalue weighted by Gasteiger charge is 2.41. The third-order valence-electron chi connectivity index (χ3n) is 3.24. The van der Waals surface area contributed by atoms with Gasteiger partial charge in [-0.1, -0.05) is 12.1 Å². The fraction of sp³-hybridized carbons (Fsp3) is 0.0714. The monoisotopic (exact) mass is 347 g/mol. The van der Waals surface area contributed by atoms with Gasteiger partial charge in [0.15, 0.2) is 0 Å². The van der Waals surface area contributed by atoms with Gasteiger partial charge in [-0.15, -0.1) is 11.3 Å². The molecule has 1 aromatic carbocycles. The van der Waals surface area contributed by atoms with Crippen LogP contribution in [-0.2, 0) is 14.8 Å². The van der Waals surface area contributed by atoms with Gasteiger partial charge in [-0.2, -0.15) is 5.26 Å². The Morgan fingerprint density at radius 3 is 2.74 bits per heavy atom. The minimum absolute atomic E-state index is 0.0501. The molecule has 9 heteroatoms. The topological polar surface area (TPSA) is 107 Å². The largest absolute Gasteiger partial charge is 0.315 e. The number of nitrogens with one attached hydrogen (secondary N) is 1. The van der Waals surface area contributed by atoms with Crippen LogP contribution in [0.2, 0.25) is 0 Å². The highest BCUT2D eigenvalue weighted by atomic mass is 32.2. The van der Waals surface area contributed by atoms with Gasteiger partial charge in [0.1, 0.15) is 22.5 Å². The number of hydrogen-bond donors (Lipinski definition) is 1. The Balaban J connectivity index is 1.83. The lowest BCUT2D eigenvalue weighted by atomic mass is 10.2. The van der Waals surface area contributed by atoms with Crippen LogP contribution in [-0.4, -0.2) is 31.1 Å². The SMILES string of the molecule is N#Cc1ccsc1NC(=O)CN1C(=O)c2ccccc2S1(=O)=O. The van der Waals surface area contributed by atoms with E-state index in [0.29, 0.717) is 9.31 Å². The van der Waals surface area contributed by atoms with Crippen LogP contribution in [0.5, 0.6) is 0 Å². The fourth-order valence-electron chi connectivity index (χ4n) is 2.18. The van der Waals surface area contributed by atoms with E-state index in [4.69, 9.17) is 5.26 Å². The number of hydrogen-bond acceptors (Lipinski definition) is 6. The first-order chi connectivity index (χ1) is 10.9. The zero-order valence-corrected chi connectivity index (χ0v) is 13.1. The summed E-state index contributed by atoms with van der Waals surface area (Å²) < 4.78 is 25.2. The average Bonchev–Trinajstić information content (AvgIpc) is 3.05. The Morgan fingerprint density at radius 2 is 2.04 bits per heavy atom. The van der Waals surface area contributed by atoms with Crippen molar-refractivity contribution in [3.63, 3.8) is 0 Å². The molecule has 1 N–H and O–H groups in total. The molecule has 1 aliphatic rings. The molecular weight excluding hydrogens is 338 g/mol. The molecule has 0 radical (unpaired) electrons. The number of carbonyl (C=O) groups is 2. The van der Waals surface area contributed by atoms with Crippen molar-refractivity contribution in [2.24, 2.45) is 0 Å². The Morgan fingerprint density at radius 1 is 1.30 bits per heavy atom. The van der Waals surface area contributed by atoms with Crippen molar-refractivity contribution in [1.29, 1.82) is 5.26 Å². The summed E-state index contributed by atoms with van der Waals surface area (Å²) in [6.45, 7) is -0.640. The first-order valence-electron chi connectivity index (χ1n) is 6.38. The molecule has 0 saturated carbocycles. The lowest BCUT2D eigenvalue weighted by molar-refractivity contribution is -0.116. The molecule has 23 heavy (non-hydrogen) atoms. The third-order valence-corrected chi connectivity index (χ3v) is 5.85. The maximum atomic E-state index is 12.3. The Labute approximate surface area is 135 Å². The molecule has 2 heterocycles. The standard InChI is InChI=1S/C14H9N3O4S2/c15-7-9-5-6-22-13(9)16-12(18)8-17-14(19)10-3-1-2-4-11(10)23(17,20)21/h1-6H,8H2,(H,16,18). The fourth-order valence-corrected chi connectivity index (χ4v) is 4.46. The molecule has 0 saturated heterocycles. The summed E-state index contributed by atoms with van der Waals surface area (Å²) in [6.07, 6.45) is 0. The molecule has 0 bridgehead atoms. The van der Waals surface area contributed by atoms with Gasteiger partial charge in [-0.3, -0.25) is 9.59 Å². The predicted molar refractivity (Wildman–Crippen MR) is 82.3 cm³/mol. The number of anilines is 1. The highest BCUT2D eigenvalue weighted by Crippen LogP contribution is 2.30. The van der Waals surface area contributed by atoms with E-state index in [1.54, 1.807) is 11.4 Å². The second-order valence-electron chi connectivity index (χ2n) is 4.64. The molecule has 0 aliphatic carbocycles. The predicted octanol–water partition coefficient (Wildman–Crippen LogP) is 1.40. The number of carbonyl (C=O) groups excluding carboxylic acids is 2. The lowest BCUT2D eigenvalue weighted by Gasteiger charge is -2.14. The molecule has 2 amide bonds. The van der Waals surface area contributed by atoms with Crippen molar-refractivity contribution in [3.8, 4) is 6.07 Å². The van der Waals surface area contributed by atoms with E-state index < -0.39 is 28.4 Å². The van der Waals surface area contributed by atoms with Crippen molar-refractivity contribution < 1.29 is 18.0 Å². The summed E-state index contributed by atoms with van der Waals surface area (Å²) in [4.78, 5) is 24.1. The number of rotatable bonds is 3. The van der Waals surface area contributed by atoms with E-state index in [1.807, 2.05) is 6.07 Å². The summed E-state index contributed by atoms with van der Waals surface area (Å²) in [7, 11) is -4.02. The molecular formula is C14H9N3O4S2. The molecule has 1 aromatic heterocycles. The first kappa shape index (κ1) is 15.2. The van der Waals surface area contributed by atoms with Crippen LogP contribution in [0.15, 0.2) is 40.6 Å². The first-order valence-corrected chi connectivity index (χ1v) is 8.70. The summed E-state index contributed by atoms with van der Waals surface area (Å²) in [6, 6.07) is 9.24. The van der Waals surface area contributed by atoms with E-state index in [9.17, 15) is 18.0 Å². The smallest absolute Gasteiger partial charge is 0.269 e. The van der Waals surface area contributed by atoms with Crippen molar-refractivity contribution in [2.45, 2.75) is 4.90 Å². The van der Waals surface area contributed by atoms with Crippen LogP contribution in [0, 0.1) is 11.3 Å². The number of benzene rings is 1. The van der Waals surface area contributed by atoms with Crippen LogP contribution in [0.4, 0.5) is 5.00 Å². The summed E-state index contributed by atoms with van der Waals surface area (Å²) >= 11 is 1.14. The van der Waals surface area contributed by atoms with Crippen molar-refractivity contribution in [1.82, 2.24) is 4.31 Å². The second kappa shape index (κ2) is 5.49. The van der Waals surface area contributed by atoms with Gasteiger partial charge >= 0.3 is 0 Å². The zero-order chi connectivity index (χ0) is 16.6. The van der Waals surface area contributed by atoms with Crippen molar-refractivity contribution in [3.05, 3.63) is 46.8 Å². The normalized spacial score (nSPS) is 15.1. The third kappa shape index (κ3) is 2.48. The second-order valence-corrected chi connectivity index (χ2v) is 7.38. The van der Waals surface area contributed by atoms with Crippen LogP contribution in [0.25, 0.3) is 0 Å². The summed E-state index contributed by atoms with van der Waals surface area (Å²) in [5.74, 6) is -1.42. The Bertz CT molecular complexity index is 956. The average molecular weight is 347 g/mol. The maximum Gasteiger partial charge on any atom is 0.269 e. The van der Waals surface area contributed by atoms with E-state index in [1.165, 1.54) is 24.3 Å². The number of nitrogens with zero attached hydrogens (tertiary/aromatic N) is 2. The number of fused-ring (bicyclic) bond motifs is 1. The molecule has 0 atom stereocenters. The highest BCUT2D eigenvalue weighted by molar-refractivity contribution is 7.90. The Hall–Kier alpha value is -2.70. The molecule has 0 fully saturated rings. The van der Waals surface area contributed by atoms with Crippen LogP contribution >= 0.6 is 11.3 Å². The Kier molecular flexibility index (Phi) is 3.63. The maximum absolute atomic E-state index is 12.3. The molecule has 1 aliphatic heterocycles. The molecule has 3 rings (SSSR count). The molecule has 7 nitrogen and oxygen atoms in total. The van der Waals surface area contributed by atoms with Gasteiger partial charge < -0.3 is 5.32 Å². The summed E-state index contributed by atoms with van der Waals surface area (Å²) in [5.41, 5.74) is 0.330. The molecule has 0 spiro atoms. The van der Waals surface area contributed by atoms with Gasteiger partial charge in [-0.25, -0.2) is 12.7 Å². The van der Waals surface area contributed by atoms with Crippen LogP contribution < -0.4 is 5.32 Å². The van der Waals surface area contributed by atoms with Gasteiger partial charge in [0, 0.05) is 0 Å². The van der Waals surface area contributed by atoms with E-state index in [2.05, 4.69) is 5.32 Å². The van der Waals surface area contributed by atoms with Crippen LogP contribution in [0.1, 0.15) is 15.9 Å². The van der Waals surface area contributed by atoms with Crippen molar-refractivity contribution >= 4 is 38.2 Å². The van der Waals surface area contributed by atoms with Gasteiger partial charge in [0.2, 0.25) is 5.91 Å². The molecule has 0 unspecified atom stereocenters. The number of nitriles is 1. The number of thiophene rings is 1. The van der Waals surface area contributed by atoms with Gasteiger partial charge in [0.05, 0.1) is 11.1 Å². The van der Waals surface area contributed by atoms with Gasteiger partial charge in [-0.05, 0) is 23.6 Å². The molecule has 116 valence electrons. The lowest BCUT2D eigenvalue weighted by Crippen LogP contribution is -2.37. The van der Waals surface area contributed by atoms with E-state index in [-0.39, 0.29) is 16.0 Å². The number of sulfonamides is 1.